The van der Waals surface area contributed by atoms with Gasteiger partial charge in [0.05, 0.1) is 22.1 Å². The second kappa shape index (κ2) is 15.3. The van der Waals surface area contributed by atoms with Gasteiger partial charge in [0.1, 0.15) is 0 Å². The van der Waals surface area contributed by atoms with Crippen molar-refractivity contribution in [1.82, 2.24) is 9.13 Å². The molecular weight excluding hydrogens is 763 g/mol. The van der Waals surface area contributed by atoms with Gasteiger partial charge >= 0.3 is 0 Å². The fraction of sp³-hybridized carbons (Fsp3) is 0. The Morgan fingerprint density at radius 2 is 0.730 bits per heavy atom. The van der Waals surface area contributed by atoms with Crippen LogP contribution in [0.15, 0.2) is 249 Å². The monoisotopic (exact) mass is 803 g/mol. The SMILES string of the molecule is c1ccc(-c2cccc(N(c3ccc(-c4ccc5c(c4)c4ccccc4n5-c4ccccc4)cc3)c3ccc4c(c3)c3c(-c5ccccc5)cccc3n4-c3ccccc3)c2)cc1. The summed E-state index contributed by atoms with van der Waals surface area (Å²) in [5, 5.41) is 4.93. The zero-order valence-electron chi connectivity index (χ0n) is 34.5. The largest absolute Gasteiger partial charge is 0.310 e. The van der Waals surface area contributed by atoms with Crippen LogP contribution in [0.2, 0.25) is 0 Å². The molecule has 0 fully saturated rings. The molecule has 0 bridgehead atoms. The molecule has 2 aromatic heterocycles. The van der Waals surface area contributed by atoms with Crippen molar-refractivity contribution in [1.29, 1.82) is 0 Å². The number of para-hydroxylation sites is 3. The standard InChI is InChI=1S/C60H41N3/c1-5-17-42(18-6-1)45-21-15-26-50(39-45)61(49-34-31-43(32-35-49)46-33-37-57-54(40-46)53-27-13-14-29-56(53)62(57)47-22-9-3-10-23-47)51-36-38-58-55(41-51)60-52(44-19-7-2-8-20-44)28-16-30-59(60)63(58)48-24-11-4-12-25-48/h1-41H. The van der Waals surface area contributed by atoms with Crippen molar-refractivity contribution >= 4 is 60.7 Å². The van der Waals surface area contributed by atoms with Gasteiger partial charge in [0, 0.05) is 50.0 Å². The lowest BCUT2D eigenvalue weighted by Gasteiger charge is -2.26. The zero-order chi connectivity index (χ0) is 41.7. The molecule has 0 N–H and O–H groups in total. The Balaban J connectivity index is 1.03. The summed E-state index contributed by atoms with van der Waals surface area (Å²) in [5.74, 6) is 0. The normalized spacial score (nSPS) is 11.5. The minimum absolute atomic E-state index is 1.08. The number of rotatable bonds is 8. The van der Waals surface area contributed by atoms with Crippen LogP contribution in [0.5, 0.6) is 0 Å². The van der Waals surface area contributed by atoms with E-state index in [2.05, 4.69) is 263 Å². The summed E-state index contributed by atoms with van der Waals surface area (Å²) < 4.78 is 4.78. The van der Waals surface area contributed by atoms with Crippen LogP contribution in [0.25, 0.3) is 88.4 Å². The number of fused-ring (bicyclic) bond motifs is 6. The van der Waals surface area contributed by atoms with E-state index in [0.29, 0.717) is 0 Å². The summed E-state index contributed by atoms with van der Waals surface area (Å²) in [5.41, 5.74) is 17.5. The van der Waals surface area contributed by atoms with Gasteiger partial charge in [-0.3, -0.25) is 0 Å². The van der Waals surface area contributed by atoms with Crippen molar-refractivity contribution in [3.63, 3.8) is 0 Å². The van der Waals surface area contributed by atoms with Gasteiger partial charge in [-0.25, -0.2) is 0 Å². The summed E-state index contributed by atoms with van der Waals surface area (Å²) in [4.78, 5) is 2.41. The van der Waals surface area contributed by atoms with E-state index in [1.165, 1.54) is 77.0 Å². The van der Waals surface area contributed by atoms with Crippen LogP contribution in [0.4, 0.5) is 17.1 Å². The average molecular weight is 804 g/mol. The van der Waals surface area contributed by atoms with E-state index in [1.807, 2.05) is 0 Å². The highest BCUT2D eigenvalue weighted by Gasteiger charge is 2.21. The first-order chi connectivity index (χ1) is 31.3. The first-order valence-electron chi connectivity index (χ1n) is 21.6. The maximum atomic E-state index is 2.41. The Kier molecular flexibility index (Phi) is 8.83. The number of benzene rings is 10. The van der Waals surface area contributed by atoms with E-state index in [9.17, 15) is 0 Å². The van der Waals surface area contributed by atoms with Gasteiger partial charge in [-0.15, -0.1) is 0 Å². The lowest BCUT2D eigenvalue weighted by atomic mass is 9.99. The van der Waals surface area contributed by atoms with E-state index in [-0.39, 0.29) is 0 Å². The molecule has 0 spiro atoms. The molecule has 12 rings (SSSR count). The third kappa shape index (κ3) is 6.29. The maximum absolute atomic E-state index is 2.41. The van der Waals surface area contributed by atoms with Crippen molar-refractivity contribution in [3.05, 3.63) is 249 Å². The average Bonchev–Trinajstić information content (AvgIpc) is 3.88. The highest BCUT2D eigenvalue weighted by molar-refractivity contribution is 6.17. The van der Waals surface area contributed by atoms with Crippen molar-refractivity contribution in [2.24, 2.45) is 0 Å². The van der Waals surface area contributed by atoms with E-state index in [0.717, 1.165) is 28.4 Å². The molecule has 3 nitrogen and oxygen atoms in total. The van der Waals surface area contributed by atoms with Crippen molar-refractivity contribution in [3.8, 4) is 44.8 Å². The Labute approximate surface area is 366 Å². The number of anilines is 3. The minimum atomic E-state index is 1.08. The third-order valence-electron chi connectivity index (χ3n) is 12.5. The molecule has 296 valence electrons. The first-order valence-corrected chi connectivity index (χ1v) is 21.6. The molecule has 0 atom stereocenters. The van der Waals surface area contributed by atoms with Gasteiger partial charge in [-0.1, -0.05) is 158 Å². The minimum Gasteiger partial charge on any atom is -0.310 e. The van der Waals surface area contributed by atoms with E-state index >= 15 is 0 Å². The second-order valence-electron chi connectivity index (χ2n) is 16.2. The molecule has 0 saturated carbocycles. The molecule has 0 amide bonds. The van der Waals surface area contributed by atoms with E-state index < -0.39 is 0 Å². The number of aromatic nitrogens is 2. The molecule has 0 radical (unpaired) electrons. The van der Waals surface area contributed by atoms with Gasteiger partial charge in [0.25, 0.3) is 0 Å². The molecule has 63 heavy (non-hydrogen) atoms. The van der Waals surface area contributed by atoms with E-state index in [4.69, 9.17) is 0 Å². The van der Waals surface area contributed by atoms with Crippen LogP contribution in [-0.4, -0.2) is 9.13 Å². The highest BCUT2D eigenvalue weighted by atomic mass is 15.1. The Morgan fingerprint density at radius 3 is 1.46 bits per heavy atom. The summed E-state index contributed by atoms with van der Waals surface area (Å²) >= 11 is 0. The fourth-order valence-corrected chi connectivity index (χ4v) is 9.62. The molecule has 2 heterocycles. The van der Waals surface area contributed by atoms with Gasteiger partial charge in [0.15, 0.2) is 0 Å². The third-order valence-corrected chi connectivity index (χ3v) is 12.5. The molecule has 12 aromatic rings. The zero-order valence-corrected chi connectivity index (χ0v) is 34.5. The van der Waals surface area contributed by atoms with Gasteiger partial charge in [0.2, 0.25) is 0 Å². The lowest BCUT2D eigenvalue weighted by Crippen LogP contribution is -2.10. The second-order valence-corrected chi connectivity index (χ2v) is 16.2. The Morgan fingerprint density at radius 1 is 0.254 bits per heavy atom. The van der Waals surface area contributed by atoms with E-state index in [1.54, 1.807) is 0 Å². The number of nitrogens with zero attached hydrogens (tertiary/aromatic N) is 3. The van der Waals surface area contributed by atoms with Gasteiger partial charge < -0.3 is 14.0 Å². The smallest absolute Gasteiger partial charge is 0.0547 e. The number of hydrogen-bond acceptors (Lipinski definition) is 1. The molecule has 10 aromatic carbocycles. The van der Waals surface area contributed by atoms with Crippen molar-refractivity contribution in [2.45, 2.75) is 0 Å². The fourth-order valence-electron chi connectivity index (χ4n) is 9.62. The van der Waals surface area contributed by atoms with Crippen LogP contribution < -0.4 is 4.90 Å². The molecule has 0 aliphatic rings. The maximum Gasteiger partial charge on any atom is 0.0547 e. The number of hydrogen-bond donors (Lipinski definition) is 0. The molecule has 0 saturated heterocycles. The molecular formula is C60H41N3. The van der Waals surface area contributed by atoms with Crippen LogP contribution in [0, 0.1) is 0 Å². The topological polar surface area (TPSA) is 13.1 Å². The van der Waals surface area contributed by atoms with Gasteiger partial charge in [-0.05, 0) is 124 Å². The summed E-state index contributed by atoms with van der Waals surface area (Å²) in [6.45, 7) is 0. The summed E-state index contributed by atoms with van der Waals surface area (Å²) in [6.07, 6.45) is 0. The Bertz CT molecular complexity index is 3590. The van der Waals surface area contributed by atoms with Crippen LogP contribution in [0.3, 0.4) is 0 Å². The highest BCUT2D eigenvalue weighted by Crippen LogP contribution is 2.44. The molecule has 0 aliphatic carbocycles. The Hall–Kier alpha value is -8.40. The van der Waals surface area contributed by atoms with Crippen molar-refractivity contribution in [2.75, 3.05) is 4.90 Å². The van der Waals surface area contributed by atoms with Crippen molar-refractivity contribution < 1.29 is 0 Å². The lowest BCUT2D eigenvalue weighted by molar-refractivity contribution is 1.18. The molecule has 3 heteroatoms. The van der Waals surface area contributed by atoms with Gasteiger partial charge in [-0.2, -0.15) is 0 Å². The first kappa shape index (κ1) is 36.5. The summed E-state index contributed by atoms with van der Waals surface area (Å²) in [6, 6.07) is 90.1. The predicted octanol–water partition coefficient (Wildman–Crippen LogP) is 16.4. The molecule has 0 aliphatic heterocycles. The quantitative estimate of drug-likeness (QED) is 0.149. The predicted molar refractivity (Wildman–Crippen MR) is 266 cm³/mol. The molecule has 0 unspecified atom stereocenters. The summed E-state index contributed by atoms with van der Waals surface area (Å²) in [7, 11) is 0. The van der Waals surface area contributed by atoms with Crippen LogP contribution in [0.1, 0.15) is 0 Å². The van der Waals surface area contributed by atoms with Crippen LogP contribution >= 0.6 is 0 Å². The van der Waals surface area contributed by atoms with Crippen LogP contribution in [-0.2, 0) is 0 Å².